The molecule has 0 radical (unpaired) electrons. The van der Waals surface area contributed by atoms with Crippen molar-refractivity contribution in [1.29, 1.82) is 0 Å². The summed E-state index contributed by atoms with van der Waals surface area (Å²) in [6, 6.07) is 0. The van der Waals surface area contributed by atoms with Crippen molar-refractivity contribution < 1.29 is 4.79 Å². The number of nitrogens with zero attached hydrogens (tertiary/aromatic N) is 5. The molecule has 0 aromatic carbocycles. The third-order valence-corrected chi connectivity index (χ3v) is 5.29. The van der Waals surface area contributed by atoms with Crippen LogP contribution in [0.2, 0.25) is 0 Å². The van der Waals surface area contributed by atoms with Crippen molar-refractivity contribution in [3.05, 3.63) is 0 Å². The molecule has 1 aromatic heterocycles. The zero-order valence-corrected chi connectivity index (χ0v) is 15.1. The van der Waals surface area contributed by atoms with Gasteiger partial charge in [0.05, 0.1) is 0 Å². The highest BCUT2D eigenvalue weighted by Gasteiger charge is 2.30. The molecule has 7 heteroatoms. The number of rotatable bonds is 7. The summed E-state index contributed by atoms with van der Waals surface area (Å²) in [5.74, 6) is 3.02. The van der Waals surface area contributed by atoms with Gasteiger partial charge in [-0.05, 0) is 53.9 Å². The largest absolute Gasteiger partial charge is 0.356 e. The maximum Gasteiger partial charge on any atom is 0.245 e. The summed E-state index contributed by atoms with van der Waals surface area (Å²) in [7, 11) is 0. The zero-order chi connectivity index (χ0) is 17.1. The highest BCUT2D eigenvalue weighted by Crippen LogP contribution is 2.37. The molecule has 2 unspecified atom stereocenters. The van der Waals surface area contributed by atoms with Crippen LogP contribution in [-0.2, 0) is 11.3 Å². The van der Waals surface area contributed by atoms with E-state index in [-0.39, 0.29) is 11.8 Å². The van der Waals surface area contributed by atoms with Gasteiger partial charge in [-0.3, -0.25) is 4.79 Å². The molecule has 2 aliphatic rings. The third kappa shape index (κ3) is 4.24. The van der Waals surface area contributed by atoms with Gasteiger partial charge >= 0.3 is 0 Å². The van der Waals surface area contributed by atoms with Crippen molar-refractivity contribution in [1.82, 2.24) is 25.5 Å². The van der Waals surface area contributed by atoms with Crippen molar-refractivity contribution in [2.75, 3.05) is 24.5 Å². The average molecular weight is 334 g/mol. The SMILES string of the molecule is CC(C)C(=O)NCC1CCCN(c2nnnn2CC(C)C2CC2)C1. The minimum absolute atomic E-state index is 0.0425. The van der Waals surface area contributed by atoms with E-state index in [1.807, 2.05) is 18.5 Å². The molecule has 134 valence electrons. The molecule has 2 fully saturated rings. The lowest BCUT2D eigenvalue weighted by molar-refractivity contribution is -0.124. The van der Waals surface area contributed by atoms with Crippen LogP contribution in [0, 0.1) is 23.7 Å². The summed E-state index contributed by atoms with van der Waals surface area (Å²) >= 11 is 0. The van der Waals surface area contributed by atoms with Crippen LogP contribution < -0.4 is 10.2 Å². The van der Waals surface area contributed by atoms with E-state index in [0.29, 0.717) is 11.8 Å². The second-order valence-corrected chi connectivity index (χ2v) is 7.83. The number of amides is 1. The van der Waals surface area contributed by atoms with E-state index in [2.05, 4.69) is 32.7 Å². The lowest BCUT2D eigenvalue weighted by Crippen LogP contribution is -2.42. The number of aromatic nitrogens is 4. The Labute approximate surface area is 144 Å². The number of nitrogens with one attached hydrogen (secondary N) is 1. The van der Waals surface area contributed by atoms with Gasteiger partial charge in [0.15, 0.2) is 0 Å². The summed E-state index contributed by atoms with van der Waals surface area (Å²) < 4.78 is 1.97. The highest BCUT2D eigenvalue weighted by atomic mass is 16.1. The fourth-order valence-electron chi connectivity index (χ4n) is 3.49. The van der Waals surface area contributed by atoms with Crippen LogP contribution in [0.5, 0.6) is 0 Å². The summed E-state index contributed by atoms with van der Waals surface area (Å²) in [6.07, 6.45) is 4.96. The van der Waals surface area contributed by atoms with Crippen LogP contribution in [0.1, 0.15) is 46.5 Å². The van der Waals surface area contributed by atoms with Gasteiger partial charge in [-0.25, -0.2) is 4.68 Å². The van der Waals surface area contributed by atoms with Gasteiger partial charge in [0, 0.05) is 32.1 Å². The van der Waals surface area contributed by atoms with Crippen LogP contribution >= 0.6 is 0 Å². The highest BCUT2D eigenvalue weighted by molar-refractivity contribution is 5.77. The molecule has 24 heavy (non-hydrogen) atoms. The molecule has 2 heterocycles. The fourth-order valence-corrected chi connectivity index (χ4v) is 3.49. The standard InChI is InChI=1S/C17H30N6O/c1-12(2)16(24)18-9-14-5-4-8-22(11-14)17-19-20-21-23(17)10-13(3)15-6-7-15/h12-15H,4-11H2,1-3H3,(H,18,24). The number of piperidine rings is 1. The first-order valence-electron chi connectivity index (χ1n) is 9.33. The first-order chi connectivity index (χ1) is 11.5. The number of carbonyl (C=O) groups excluding carboxylic acids is 1. The maximum atomic E-state index is 11.8. The number of hydrogen-bond donors (Lipinski definition) is 1. The van der Waals surface area contributed by atoms with Crippen molar-refractivity contribution in [3.63, 3.8) is 0 Å². The Morgan fingerprint density at radius 3 is 2.79 bits per heavy atom. The Kier molecular flexibility index (Phi) is 5.36. The Bertz CT molecular complexity index is 553. The van der Waals surface area contributed by atoms with Crippen LogP contribution in [0.25, 0.3) is 0 Å². The van der Waals surface area contributed by atoms with E-state index >= 15 is 0 Å². The van der Waals surface area contributed by atoms with E-state index in [0.717, 1.165) is 50.9 Å². The van der Waals surface area contributed by atoms with Crippen LogP contribution in [-0.4, -0.2) is 45.7 Å². The molecule has 0 bridgehead atoms. The van der Waals surface area contributed by atoms with Crippen LogP contribution in [0.15, 0.2) is 0 Å². The van der Waals surface area contributed by atoms with Crippen molar-refractivity contribution >= 4 is 11.9 Å². The molecule has 1 N–H and O–H groups in total. The number of hydrogen-bond acceptors (Lipinski definition) is 5. The van der Waals surface area contributed by atoms with Gasteiger partial charge < -0.3 is 10.2 Å². The van der Waals surface area contributed by atoms with Gasteiger partial charge in [-0.1, -0.05) is 25.9 Å². The molecule has 2 atom stereocenters. The van der Waals surface area contributed by atoms with Crippen molar-refractivity contribution in [3.8, 4) is 0 Å². The van der Waals surface area contributed by atoms with E-state index < -0.39 is 0 Å². The van der Waals surface area contributed by atoms with E-state index in [1.165, 1.54) is 12.8 Å². The molecular weight excluding hydrogens is 304 g/mol. The second-order valence-electron chi connectivity index (χ2n) is 7.83. The molecule has 1 saturated carbocycles. The van der Waals surface area contributed by atoms with Crippen molar-refractivity contribution in [2.45, 2.75) is 53.0 Å². The number of anilines is 1. The van der Waals surface area contributed by atoms with Crippen LogP contribution in [0.4, 0.5) is 5.95 Å². The molecule has 7 nitrogen and oxygen atoms in total. The molecule has 1 aliphatic heterocycles. The molecular formula is C17H30N6O. The van der Waals surface area contributed by atoms with Gasteiger partial charge in [-0.15, -0.1) is 0 Å². The fraction of sp³-hybridized carbons (Fsp3) is 0.882. The van der Waals surface area contributed by atoms with Gasteiger partial charge in [0.1, 0.15) is 0 Å². The second kappa shape index (κ2) is 7.49. The third-order valence-electron chi connectivity index (χ3n) is 5.29. The monoisotopic (exact) mass is 334 g/mol. The summed E-state index contributed by atoms with van der Waals surface area (Å²) in [6.45, 7) is 9.70. The Balaban J connectivity index is 1.56. The summed E-state index contributed by atoms with van der Waals surface area (Å²) in [5.41, 5.74) is 0. The maximum absolute atomic E-state index is 11.8. The quantitative estimate of drug-likeness (QED) is 0.821. The first kappa shape index (κ1) is 17.2. The molecule has 1 aliphatic carbocycles. The zero-order valence-electron chi connectivity index (χ0n) is 15.1. The van der Waals surface area contributed by atoms with Gasteiger partial charge in [0.25, 0.3) is 0 Å². The molecule has 1 aromatic rings. The smallest absolute Gasteiger partial charge is 0.245 e. The van der Waals surface area contributed by atoms with Crippen LogP contribution in [0.3, 0.4) is 0 Å². The van der Waals surface area contributed by atoms with Gasteiger partial charge in [-0.2, -0.15) is 0 Å². The average Bonchev–Trinajstić information content (AvgIpc) is 3.33. The summed E-state index contributed by atoms with van der Waals surface area (Å²) in [5, 5.41) is 15.4. The Hall–Kier alpha value is -1.66. The summed E-state index contributed by atoms with van der Waals surface area (Å²) in [4.78, 5) is 14.1. The van der Waals surface area contributed by atoms with E-state index in [1.54, 1.807) is 0 Å². The Morgan fingerprint density at radius 1 is 1.29 bits per heavy atom. The number of tetrazole rings is 1. The minimum Gasteiger partial charge on any atom is -0.356 e. The van der Waals surface area contributed by atoms with Gasteiger partial charge in [0.2, 0.25) is 11.9 Å². The normalized spacial score (nSPS) is 22.7. The van der Waals surface area contributed by atoms with E-state index in [4.69, 9.17) is 0 Å². The molecule has 1 amide bonds. The van der Waals surface area contributed by atoms with Crippen molar-refractivity contribution in [2.24, 2.45) is 23.7 Å². The first-order valence-corrected chi connectivity index (χ1v) is 9.33. The lowest BCUT2D eigenvalue weighted by atomic mass is 9.98. The Morgan fingerprint density at radius 2 is 2.08 bits per heavy atom. The lowest BCUT2D eigenvalue weighted by Gasteiger charge is -2.33. The molecule has 3 rings (SSSR count). The predicted octanol–water partition coefficient (Wildman–Crippen LogP) is 1.71. The predicted molar refractivity (Wildman–Crippen MR) is 92.5 cm³/mol. The number of carbonyl (C=O) groups is 1. The topological polar surface area (TPSA) is 75.9 Å². The van der Waals surface area contributed by atoms with E-state index in [9.17, 15) is 4.79 Å². The molecule has 0 spiro atoms. The molecule has 1 saturated heterocycles. The minimum atomic E-state index is 0.0425.